The van der Waals surface area contributed by atoms with Crippen molar-refractivity contribution in [3.8, 4) is 5.75 Å². The number of likely N-dealkylation sites (tertiary alicyclic amines) is 1. The van der Waals surface area contributed by atoms with Crippen molar-refractivity contribution in [1.82, 2.24) is 4.90 Å². The quantitative estimate of drug-likeness (QED) is 0.280. The Hall–Kier alpha value is -3.45. The van der Waals surface area contributed by atoms with Crippen LogP contribution in [0.5, 0.6) is 5.75 Å². The van der Waals surface area contributed by atoms with Gasteiger partial charge in [0.25, 0.3) is 11.7 Å². The van der Waals surface area contributed by atoms with E-state index in [9.17, 15) is 19.1 Å². The molecule has 1 saturated heterocycles. The predicted molar refractivity (Wildman–Crippen MR) is 126 cm³/mol. The SMILES string of the molecule is CCCOc1ccc(/C(O)=C2/C(=O)C(=O)N(Cc3ccc(F)cc3)C2c2sccc2C)cc1. The maximum absolute atomic E-state index is 13.4. The normalized spacial score (nSPS) is 17.5. The molecule has 1 aliphatic heterocycles. The number of hydrogen-bond acceptors (Lipinski definition) is 5. The highest BCUT2D eigenvalue weighted by Gasteiger charge is 2.47. The molecule has 0 spiro atoms. The smallest absolute Gasteiger partial charge is 0.295 e. The second kappa shape index (κ2) is 9.58. The number of amides is 1. The summed E-state index contributed by atoms with van der Waals surface area (Å²) in [6.07, 6.45) is 0.874. The molecule has 1 aliphatic rings. The topological polar surface area (TPSA) is 66.8 Å². The highest BCUT2D eigenvalue weighted by molar-refractivity contribution is 7.10. The fourth-order valence-electron chi connectivity index (χ4n) is 3.85. The van der Waals surface area contributed by atoms with Gasteiger partial charge in [-0.1, -0.05) is 19.1 Å². The molecule has 1 aromatic heterocycles. The molecule has 170 valence electrons. The van der Waals surface area contributed by atoms with Crippen LogP contribution in [0.1, 0.15) is 41.0 Å². The highest BCUT2D eigenvalue weighted by Crippen LogP contribution is 2.43. The number of rotatable bonds is 7. The average molecular weight is 466 g/mol. The number of carbonyl (C=O) groups is 2. The fraction of sp³-hybridized carbons (Fsp3) is 0.231. The number of halogens is 1. The molecule has 2 aromatic carbocycles. The lowest BCUT2D eigenvalue weighted by Crippen LogP contribution is -2.29. The van der Waals surface area contributed by atoms with E-state index in [1.165, 1.54) is 28.4 Å². The minimum absolute atomic E-state index is 0.0508. The van der Waals surface area contributed by atoms with Crippen molar-refractivity contribution < 1.29 is 23.8 Å². The maximum Gasteiger partial charge on any atom is 0.295 e. The van der Waals surface area contributed by atoms with Gasteiger partial charge in [0.15, 0.2) is 0 Å². The van der Waals surface area contributed by atoms with Crippen LogP contribution in [-0.4, -0.2) is 28.3 Å². The molecule has 3 aromatic rings. The van der Waals surface area contributed by atoms with E-state index in [1.54, 1.807) is 36.4 Å². The predicted octanol–water partition coefficient (Wildman–Crippen LogP) is 5.61. The third-order valence-corrected chi connectivity index (χ3v) is 6.63. The second-order valence-corrected chi connectivity index (χ2v) is 8.84. The Morgan fingerprint density at radius 2 is 1.79 bits per heavy atom. The van der Waals surface area contributed by atoms with Crippen LogP contribution in [0.3, 0.4) is 0 Å². The first-order chi connectivity index (χ1) is 15.9. The van der Waals surface area contributed by atoms with Crippen LogP contribution >= 0.6 is 11.3 Å². The van der Waals surface area contributed by atoms with Crippen molar-refractivity contribution in [3.63, 3.8) is 0 Å². The number of Topliss-reactive ketones (excluding diaryl/α,β-unsaturated/α-hetero) is 1. The van der Waals surface area contributed by atoms with Crippen LogP contribution in [0.2, 0.25) is 0 Å². The first-order valence-electron chi connectivity index (χ1n) is 10.7. The third kappa shape index (κ3) is 4.54. The van der Waals surface area contributed by atoms with Gasteiger partial charge in [0.1, 0.15) is 23.4 Å². The Balaban J connectivity index is 1.76. The van der Waals surface area contributed by atoms with E-state index in [4.69, 9.17) is 4.74 Å². The minimum atomic E-state index is -0.737. The molecule has 5 nitrogen and oxygen atoms in total. The maximum atomic E-state index is 13.4. The third-order valence-electron chi connectivity index (χ3n) is 5.56. The van der Waals surface area contributed by atoms with Crippen molar-refractivity contribution in [2.24, 2.45) is 0 Å². The molecule has 0 radical (unpaired) electrons. The number of carbonyl (C=O) groups excluding carboxylic acids is 2. The Bertz CT molecular complexity index is 1200. The van der Waals surface area contributed by atoms with E-state index >= 15 is 0 Å². The highest BCUT2D eigenvalue weighted by atomic mass is 32.1. The summed E-state index contributed by atoms with van der Waals surface area (Å²) in [5.41, 5.74) is 2.09. The summed E-state index contributed by atoms with van der Waals surface area (Å²) in [7, 11) is 0. The molecule has 1 N–H and O–H groups in total. The number of aliphatic hydroxyl groups is 1. The fourth-order valence-corrected chi connectivity index (χ4v) is 4.90. The van der Waals surface area contributed by atoms with Crippen LogP contribution in [-0.2, 0) is 16.1 Å². The lowest BCUT2D eigenvalue weighted by atomic mass is 9.98. The van der Waals surface area contributed by atoms with Gasteiger partial charge in [0, 0.05) is 17.0 Å². The number of aliphatic hydroxyl groups excluding tert-OH is 1. The number of benzene rings is 2. The van der Waals surface area contributed by atoms with Crippen molar-refractivity contribution in [2.75, 3.05) is 6.61 Å². The molecule has 7 heteroatoms. The van der Waals surface area contributed by atoms with Gasteiger partial charge in [-0.25, -0.2) is 4.39 Å². The van der Waals surface area contributed by atoms with Crippen molar-refractivity contribution >= 4 is 28.8 Å². The van der Waals surface area contributed by atoms with E-state index in [0.29, 0.717) is 23.5 Å². The van der Waals surface area contributed by atoms with Crippen LogP contribution in [0.4, 0.5) is 4.39 Å². The summed E-state index contributed by atoms with van der Waals surface area (Å²) in [5, 5.41) is 13.0. The van der Waals surface area contributed by atoms with Gasteiger partial charge in [-0.3, -0.25) is 9.59 Å². The lowest BCUT2D eigenvalue weighted by molar-refractivity contribution is -0.140. The second-order valence-electron chi connectivity index (χ2n) is 7.89. The Morgan fingerprint density at radius 1 is 1.09 bits per heavy atom. The number of hydrogen-bond donors (Lipinski definition) is 1. The number of aryl methyl sites for hydroxylation is 1. The van der Waals surface area contributed by atoms with Crippen molar-refractivity contribution in [2.45, 2.75) is 32.9 Å². The molecule has 0 aliphatic carbocycles. The van der Waals surface area contributed by atoms with E-state index in [-0.39, 0.29) is 23.7 Å². The molecule has 0 saturated carbocycles. The van der Waals surface area contributed by atoms with Crippen molar-refractivity contribution in [1.29, 1.82) is 0 Å². The van der Waals surface area contributed by atoms with Gasteiger partial charge < -0.3 is 14.7 Å². The van der Waals surface area contributed by atoms with Gasteiger partial charge in [0.05, 0.1) is 12.2 Å². The standard InChI is InChI=1S/C26H24FNO4S/c1-3-13-32-20-10-6-18(7-11-20)23(29)21-22(25-16(2)12-14-33-25)28(26(31)24(21)30)15-17-4-8-19(27)9-5-17/h4-12,14,22,29H,3,13,15H2,1-2H3/b23-21-. The van der Waals surface area contributed by atoms with E-state index in [1.807, 2.05) is 25.3 Å². The minimum Gasteiger partial charge on any atom is -0.507 e. The van der Waals surface area contributed by atoms with Gasteiger partial charge >= 0.3 is 0 Å². The van der Waals surface area contributed by atoms with Gasteiger partial charge in [-0.15, -0.1) is 11.3 Å². The average Bonchev–Trinajstić information content (AvgIpc) is 3.34. The molecular formula is C26H24FNO4S. The summed E-state index contributed by atoms with van der Waals surface area (Å²) in [4.78, 5) is 28.4. The summed E-state index contributed by atoms with van der Waals surface area (Å²) in [5.74, 6) is -1.37. The molecule has 0 bridgehead atoms. The first-order valence-corrected chi connectivity index (χ1v) is 11.6. The molecular weight excluding hydrogens is 441 g/mol. The summed E-state index contributed by atoms with van der Waals surface area (Å²) >= 11 is 1.42. The number of nitrogens with zero attached hydrogens (tertiary/aromatic N) is 1. The van der Waals surface area contributed by atoms with Crippen LogP contribution in [0.25, 0.3) is 5.76 Å². The molecule has 33 heavy (non-hydrogen) atoms. The lowest BCUT2D eigenvalue weighted by Gasteiger charge is -2.25. The van der Waals surface area contributed by atoms with Crippen molar-refractivity contribution in [3.05, 3.63) is 92.9 Å². The van der Waals surface area contributed by atoms with Crippen LogP contribution in [0, 0.1) is 12.7 Å². The van der Waals surface area contributed by atoms with E-state index < -0.39 is 17.7 Å². The zero-order valence-corrected chi connectivity index (χ0v) is 19.2. The van der Waals surface area contributed by atoms with Gasteiger partial charge in [0.2, 0.25) is 0 Å². The molecule has 4 rings (SSSR count). The molecule has 1 fully saturated rings. The monoisotopic (exact) mass is 465 g/mol. The Morgan fingerprint density at radius 3 is 2.39 bits per heavy atom. The number of ketones is 1. The first kappa shape index (κ1) is 22.7. The molecule has 1 amide bonds. The molecule has 1 unspecified atom stereocenters. The Kier molecular flexibility index (Phi) is 6.60. The van der Waals surface area contributed by atoms with E-state index in [0.717, 1.165) is 16.9 Å². The summed E-state index contributed by atoms with van der Waals surface area (Å²) in [6, 6.07) is 13.8. The summed E-state index contributed by atoms with van der Waals surface area (Å²) in [6.45, 7) is 4.62. The zero-order chi connectivity index (χ0) is 23.5. The summed E-state index contributed by atoms with van der Waals surface area (Å²) < 4.78 is 19.0. The molecule has 1 atom stereocenters. The number of thiophene rings is 1. The van der Waals surface area contributed by atoms with Crippen LogP contribution < -0.4 is 4.74 Å². The number of ether oxygens (including phenoxy) is 1. The van der Waals surface area contributed by atoms with Gasteiger partial charge in [-0.05, 0) is 72.3 Å². The largest absolute Gasteiger partial charge is 0.507 e. The zero-order valence-electron chi connectivity index (χ0n) is 18.4. The molecule has 2 heterocycles. The van der Waals surface area contributed by atoms with Gasteiger partial charge in [-0.2, -0.15) is 0 Å². The van der Waals surface area contributed by atoms with Crippen LogP contribution in [0.15, 0.2) is 65.6 Å². The Labute approximate surface area is 195 Å². The van der Waals surface area contributed by atoms with E-state index in [2.05, 4.69) is 0 Å².